The van der Waals surface area contributed by atoms with E-state index >= 15 is 0 Å². The molecule has 1 amide bonds. The average Bonchev–Trinajstić information content (AvgIpc) is 3.36. The van der Waals surface area contributed by atoms with Crippen molar-refractivity contribution in [1.82, 2.24) is 4.98 Å². The molecule has 0 aliphatic heterocycles. The molecule has 3 aromatic carbocycles. The maximum Gasteiger partial charge on any atom is 0.296 e. The van der Waals surface area contributed by atoms with E-state index in [0.29, 0.717) is 23.0 Å². The molecule has 0 aliphatic rings. The van der Waals surface area contributed by atoms with Crippen LogP contribution in [-0.2, 0) is 6.54 Å². The number of hydrogen-bond donors (Lipinski definition) is 0. The van der Waals surface area contributed by atoms with Crippen LogP contribution in [0, 0.1) is 0 Å². The van der Waals surface area contributed by atoms with E-state index in [1.807, 2.05) is 78.9 Å². The molecule has 0 fully saturated rings. The van der Waals surface area contributed by atoms with Crippen LogP contribution in [0.1, 0.15) is 16.1 Å². The van der Waals surface area contributed by atoms with E-state index in [0.717, 1.165) is 21.2 Å². The Morgan fingerprint density at radius 3 is 2.50 bits per heavy atom. The van der Waals surface area contributed by atoms with Crippen molar-refractivity contribution in [3.05, 3.63) is 96.3 Å². The lowest BCUT2D eigenvalue weighted by atomic mass is 10.2. The van der Waals surface area contributed by atoms with Crippen molar-refractivity contribution in [2.24, 2.45) is 0 Å². The first kappa shape index (κ1) is 16.7. The van der Waals surface area contributed by atoms with E-state index in [-0.39, 0.29) is 5.91 Å². The molecule has 2 aromatic heterocycles. The number of nitrogens with zero attached hydrogens (tertiary/aromatic N) is 2. The second kappa shape index (κ2) is 6.94. The van der Waals surface area contributed by atoms with Crippen molar-refractivity contribution < 1.29 is 9.21 Å². The van der Waals surface area contributed by atoms with Crippen molar-refractivity contribution in [2.75, 3.05) is 4.90 Å². The summed E-state index contributed by atoms with van der Waals surface area (Å²) in [6.45, 7) is 0.427. The fraction of sp³-hybridized carbons (Fsp3) is 0.0435. The molecule has 0 atom stereocenters. The van der Waals surface area contributed by atoms with Crippen LogP contribution in [0.25, 0.3) is 21.2 Å². The van der Waals surface area contributed by atoms with Gasteiger partial charge < -0.3 is 4.42 Å². The van der Waals surface area contributed by atoms with Gasteiger partial charge in [-0.05, 0) is 29.8 Å². The quantitative estimate of drug-likeness (QED) is 0.388. The highest BCUT2D eigenvalue weighted by molar-refractivity contribution is 7.22. The molecular weight excluding hydrogens is 368 g/mol. The van der Waals surface area contributed by atoms with E-state index in [9.17, 15) is 4.79 Å². The zero-order valence-electron chi connectivity index (χ0n) is 14.9. The van der Waals surface area contributed by atoms with Crippen LogP contribution >= 0.6 is 11.3 Å². The van der Waals surface area contributed by atoms with Crippen molar-refractivity contribution in [3.8, 4) is 0 Å². The Morgan fingerprint density at radius 1 is 0.929 bits per heavy atom. The number of carbonyl (C=O) groups excluding carboxylic acids is 1. The molecule has 28 heavy (non-hydrogen) atoms. The summed E-state index contributed by atoms with van der Waals surface area (Å²) in [6.07, 6.45) is 0. The van der Waals surface area contributed by atoms with Gasteiger partial charge in [-0.1, -0.05) is 72.0 Å². The van der Waals surface area contributed by atoms with Crippen LogP contribution < -0.4 is 4.90 Å². The summed E-state index contributed by atoms with van der Waals surface area (Å²) in [5.74, 6) is 0.121. The van der Waals surface area contributed by atoms with E-state index < -0.39 is 0 Å². The third-order valence-electron chi connectivity index (χ3n) is 4.58. The third kappa shape index (κ3) is 3.06. The maximum absolute atomic E-state index is 13.4. The highest BCUT2D eigenvalue weighted by atomic mass is 32.1. The zero-order chi connectivity index (χ0) is 18.9. The number of furan rings is 1. The summed E-state index contributed by atoms with van der Waals surface area (Å²) in [5.41, 5.74) is 2.62. The lowest BCUT2D eigenvalue weighted by Gasteiger charge is -2.18. The largest absolute Gasteiger partial charge is 0.451 e. The average molecular weight is 384 g/mol. The van der Waals surface area contributed by atoms with Gasteiger partial charge >= 0.3 is 0 Å². The van der Waals surface area contributed by atoms with E-state index in [1.165, 1.54) is 11.3 Å². The van der Waals surface area contributed by atoms with E-state index in [1.54, 1.807) is 11.0 Å². The van der Waals surface area contributed by atoms with Gasteiger partial charge in [0.25, 0.3) is 5.91 Å². The number of thiazole rings is 1. The third-order valence-corrected chi connectivity index (χ3v) is 5.64. The second-order valence-electron chi connectivity index (χ2n) is 6.49. The topological polar surface area (TPSA) is 46.3 Å². The summed E-state index contributed by atoms with van der Waals surface area (Å²) in [7, 11) is 0. The highest BCUT2D eigenvalue weighted by Crippen LogP contribution is 2.31. The lowest BCUT2D eigenvalue weighted by molar-refractivity contribution is 0.0960. The van der Waals surface area contributed by atoms with Gasteiger partial charge in [0.1, 0.15) is 5.58 Å². The Bertz CT molecular complexity index is 1210. The van der Waals surface area contributed by atoms with Gasteiger partial charge in [0.2, 0.25) is 0 Å². The van der Waals surface area contributed by atoms with E-state index in [2.05, 4.69) is 0 Å². The highest BCUT2D eigenvalue weighted by Gasteiger charge is 2.24. The molecule has 4 nitrogen and oxygen atoms in total. The Labute approximate surface area is 165 Å². The molecule has 0 spiro atoms. The molecule has 5 aromatic rings. The number of amides is 1. The predicted octanol–water partition coefficient (Wildman–Crippen LogP) is 5.89. The first-order valence-corrected chi connectivity index (χ1v) is 9.79. The first-order valence-electron chi connectivity index (χ1n) is 8.98. The van der Waals surface area contributed by atoms with Gasteiger partial charge in [0.05, 0.1) is 16.8 Å². The van der Waals surface area contributed by atoms with Gasteiger partial charge in [-0.2, -0.15) is 0 Å². The maximum atomic E-state index is 13.4. The molecule has 0 bridgehead atoms. The fourth-order valence-electron chi connectivity index (χ4n) is 3.19. The molecule has 0 radical (unpaired) electrons. The summed E-state index contributed by atoms with van der Waals surface area (Å²) in [6, 6.07) is 27.3. The Kier molecular flexibility index (Phi) is 4.14. The molecule has 5 heteroatoms. The molecule has 0 aliphatic carbocycles. The predicted molar refractivity (Wildman–Crippen MR) is 113 cm³/mol. The molecule has 0 saturated carbocycles. The minimum atomic E-state index is -0.195. The number of benzene rings is 3. The summed E-state index contributed by atoms with van der Waals surface area (Å²) >= 11 is 1.51. The van der Waals surface area contributed by atoms with Crippen molar-refractivity contribution in [2.45, 2.75) is 6.54 Å². The summed E-state index contributed by atoms with van der Waals surface area (Å²) < 4.78 is 6.88. The van der Waals surface area contributed by atoms with Gasteiger partial charge in [-0.3, -0.25) is 9.69 Å². The minimum absolute atomic E-state index is 0.195. The first-order chi connectivity index (χ1) is 13.8. The molecule has 2 heterocycles. The van der Waals surface area contributed by atoms with E-state index in [4.69, 9.17) is 9.40 Å². The monoisotopic (exact) mass is 384 g/mol. The minimum Gasteiger partial charge on any atom is -0.451 e. The molecule has 0 saturated heterocycles. The fourth-order valence-corrected chi connectivity index (χ4v) is 4.15. The van der Waals surface area contributed by atoms with Crippen LogP contribution in [0.2, 0.25) is 0 Å². The number of para-hydroxylation sites is 2. The molecule has 0 unspecified atom stereocenters. The molecule has 136 valence electrons. The summed E-state index contributed by atoms with van der Waals surface area (Å²) in [5, 5.41) is 1.57. The molecular formula is C23H16N2O2S. The van der Waals surface area contributed by atoms with Crippen molar-refractivity contribution in [3.63, 3.8) is 0 Å². The summed E-state index contributed by atoms with van der Waals surface area (Å²) in [4.78, 5) is 19.8. The Hall–Kier alpha value is -3.44. The van der Waals surface area contributed by atoms with Crippen LogP contribution in [0.4, 0.5) is 5.13 Å². The number of rotatable bonds is 4. The van der Waals surface area contributed by atoms with Crippen LogP contribution in [0.5, 0.6) is 0 Å². The zero-order valence-corrected chi connectivity index (χ0v) is 15.7. The number of carbonyl (C=O) groups is 1. The lowest BCUT2D eigenvalue weighted by Crippen LogP contribution is -2.30. The van der Waals surface area contributed by atoms with Gasteiger partial charge in [0, 0.05) is 5.39 Å². The number of hydrogen-bond acceptors (Lipinski definition) is 4. The SMILES string of the molecule is O=C(c1cc2ccccc2o1)N(Cc1ccccc1)c1nc2ccccc2s1. The van der Waals surface area contributed by atoms with Crippen LogP contribution in [-0.4, -0.2) is 10.9 Å². The van der Waals surface area contributed by atoms with Crippen LogP contribution in [0.3, 0.4) is 0 Å². The molecule has 0 N–H and O–H groups in total. The van der Waals surface area contributed by atoms with Crippen LogP contribution in [0.15, 0.2) is 89.3 Å². The Morgan fingerprint density at radius 2 is 1.68 bits per heavy atom. The standard InChI is InChI=1S/C23H16N2O2S/c26-22(20-14-17-10-4-6-12-19(17)27-20)25(15-16-8-2-1-3-9-16)23-24-18-11-5-7-13-21(18)28-23/h1-14H,15H2. The number of fused-ring (bicyclic) bond motifs is 2. The van der Waals surface area contributed by atoms with Gasteiger partial charge in [0.15, 0.2) is 10.9 Å². The number of aromatic nitrogens is 1. The van der Waals surface area contributed by atoms with Crippen molar-refractivity contribution in [1.29, 1.82) is 0 Å². The smallest absolute Gasteiger partial charge is 0.296 e. The normalized spacial score (nSPS) is 11.1. The van der Waals surface area contributed by atoms with Crippen molar-refractivity contribution >= 4 is 43.6 Å². The van der Waals surface area contributed by atoms with Gasteiger partial charge in [-0.25, -0.2) is 4.98 Å². The van der Waals surface area contributed by atoms with Gasteiger partial charge in [-0.15, -0.1) is 0 Å². The number of anilines is 1. The second-order valence-corrected chi connectivity index (χ2v) is 7.50. The molecule has 5 rings (SSSR count). The Balaban J connectivity index is 1.59.